The molecule has 6 nitrogen and oxygen atoms in total. The van der Waals surface area contributed by atoms with Crippen LogP contribution in [0.25, 0.3) is 0 Å². The molecule has 0 saturated heterocycles. The highest BCUT2D eigenvalue weighted by Gasteiger charge is 2.12. The molecule has 1 amide bonds. The van der Waals surface area contributed by atoms with Crippen molar-refractivity contribution in [3.05, 3.63) is 81.6 Å². The number of benzene rings is 2. The van der Waals surface area contributed by atoms with E-state index in [0.29, 0.717) is 23.1 Å². The average Bonchev–Trinajstić information content (AvgIpc) is 3.03. The van der Waals surface area contributed by atoms with Crippen molar-refractivity contribution in [2.75, 3.05) is 11.9 Å². The van der Waals surface area contributed by atoms with Crippen LogP contribution in [-0.2, 0) is 13.0 Å². The standard InChI is InChI=1S/C24H28ClN5O/c1-5-30-18(4)21(17(3)29-30)13-14-26-24(27-22-12-11-20(25)15-16(22)2)28-23(31)19-9-7-6-8-10-19/h6-12,15H,5,13-14H2,1-4H3,(H2,26,27,28,31). The zero-order valence-corrected chi connectivity index (χ0v) is 19.1. The van der Waals surface area contributed by atoms with Crippen LogP contribution in [0.4, 0.5) is 5.69 Å². The summed E-state index contributed by atoms with van der Waals surface area (Å²) >= 11 is 6.08. The predicted molar refractivity (Wildman–Crippen MR) is 127 cm³/mol. The third kappa shape index (κ3) is 5.73. The Balaban J connectivity index is 1.80. The summed E-state index contributed by atoms with van der Waals surface area (Å²) < 4.78 is 2.00. The van der Waals surface area contributed by atoms with Gasteiger partial charge in [0.15, 0.2) is 0 Å². The molecule has 0 spiro atoms. The van der Waals surface area contributed by atoms with Crippen molar-refractivity contribution in [2.24, 2.45) is 4.99 Å². The quantitative estimate of drug-likeness (QED) is 0.424. The molecule has 2 aromatic carbocycles. The largest absolute Gasteiger partial charge is 0.326 e. The van der Waals surface area contributed by atoms with Crippen LogP contribution in [0.2, 0.25) is 5.02 Å². The van der Waals surface area contributed by atoms with E-state index in [0.717, 1.165) is 35.6 Å². The number of hydrogen-bond acceptors (Lipinski definition) is 3. The fraction of sp³-hybridized carbons (Fsp3) is 0.292. The molecule has 162 valence electrons. The number of guanidine groups is 1. The molecule has 3 aromatic rings. The van der Waals surface area contributed by atoms with Crippen LogP contribution in [0.1, 0.15) is 39.8 Å². The van der Waals surface area contributed by atoms with Crippen LogP contribution in [0.3, 0.4) is 0 Å². The molecule has 0 aliphatic rings. The first-order valence-electron chi connectivity index (χ1n) is 10.4. The maximum Gasteiger partial charge on any atom is 0.257 e. The van der Waals surface area contributed by atoms with Crippen molar-refractivity contribution in [1.29, 1.82) is 0 Å². The Bertz CT molecular complexity index is 1090. The van der Waals surface area contributed by atoms with E-state index in [1.807, 2.05) is 48.9 Å². The number of amides is 1. The highest BCUT2D eigenvalue weighted by molar-refractivity contribution is 6.30. The topological polar surface area (TPSA) is 71.3 Å². The number of aryl methyl sites for hydroxylation is 3. The lowest BCUT2D eigenvalue weighted by Crippen LogP contribution is -2.36. The molecule has 0 unspecified atom stereocenters. The molecular weight excluding hydrogens is 410 g/mol. The number of nitrogens with zero attached hydrogens (tertiary/aromatic N) is 3. The molecule has 1 heterocycles. The SMILES string of the molecule is CCn1nc(C)c(CCN=C(NC(=O)c2ccccc2)Nc2ccc(Cl)cc2C)c1C. The Hall–Kier alpha value is -3.12. The summed E-state index contributed by atoms with van der Waals surface area (Å²) in [5.41, 5.74) is 5.74. The van der Waals surface area contributed by atoms with Gasteiger partial charge in [0, 0.05) is 35.1 Å². The van der Waals surface area contributed by atoms with Gasteiger partial charge in [-0.05, 0) is 75.6 Å². The number of aromatic nitrogens is 2. The molecule has 31 heavy (non-hydrogen) atoms. The number of nitrogens with one attached hydrogen (secondary N) is 2. The molecule has 0 fully saturated rings. The number of hydrogen-bond donors (Lipinski definition) is 2. The number of carbonyl (C=O) groups is 1. The van der Waals surface area contributed by atoms with Crippen LogP contribution in [-0.4, -0.2) is 28.2 Å². The van der Waals surface area contributed by atoms with Gasteiger partial charge in [-0.3, -0.25) is 19.8 Å². The van der Waals surface area contributed by atoms with Crippen molar-refractivity contribution in [3.8, 4) is 0 Å². The van der Waals surface area contributed by atoms with Crippen molar-refractivity contribution >= 4 is 29.2 Å². The van der Waals surface area contributed by atoms with Gasteiger partial charge in [-0.1, -0.05) is 29.8 Å². The van der Waals surface area contributed by atoms with Crippen LogP contribution < -0.4 is 10.6 Å². The van der Waals surface area contributed by atoms with Crippen LogP contribution in [0.5, 0.6) is 0 Å². The van der Waals surface area contributed by atoms with Crippen molar-refractivity contribution in [3.63, 3.8) is 0 Å². The molecule has 3 rings (SSSR count). The van der Waals surface area contributed by atoms with Gasteiger partial charge in [-0.25, -0.2) is 0 Å². The van der Waals surface area contributed by atoms with Crippen molar-refractivity contribution < 1.29 is 4.79 Å². The first kappa shape index (κ1) is 22.6. The van der Waals surface area contributed by atoms with Crippen LogP contribution >= 0.6 is 11.6 Å². The van der Waals surface area contributed by atoms with E-state index in [1.54, 1.807) is 18.2 Å². The van der Waals surface area contributed by atoms with E-state index in [2.05, 4.69) is 34.6 Å². The fourth-order valence-electron chi connectivity index (χ4n) is 3.46. The second kappa shape index (κ2) is 10.3. The molecule has 0 saturated carbocycles. The molecule has 0 bridgehead atoms. The highest BCUT2D eigenvalue weighted by Crippen LogP contribution is 2.19. The Kier molecular flexibility index (Phi) is 7.47. The summed E-state index contributed by atoms with van der Waals surface area (Å²) in [6.07, 6.45) is 0.740. The van der Waals surface area contributed by atoms with Crippen LogP contribution in [0.15, 0.2) is 53.5 Å². The van der Waals surface area contributed by atoms with Gasteiger partial charge in [0.1, 0.15) is 0 Å². The Morgan fingerprint density at radius 1 is 1.13 bits per heavy atom. The van der Waals surface area contributed by atoms with Crippen molar-refractivity contribution in [1.82, 2.24) is 15.1 Å². The maximum absolute atomic E-state index is 12.7. The number of rotatable bonds is 6. The summed E-state index contributed by atoms with van der Waals surface area (Å²) in [5.74, 6) is 0.182. The third-order valence-electron chi connectivity index (χ3n) is 5.17. The first-order valence-corrected chi connectivity index (χ1v) is 10.7. The van der Waals surface area contributed by atoms with Gasteiger partial charge in [0.25, 0.3) is 5.91 Å². The van der Waals surface area contributed by atoms with Gasteiger partial charge < -0.3 is 5.32 Å². The first-order chi connectivity index (χ1) is 14.9. The van der Waals surface area contributed by atoms with E-state index in [9.17, 15) is 4.79 Å². The second-order valence-corrected chi connectivity index (χ2v) is 7.79. The summed E-state index contributed by atoms with van der Waals surface area (Å²) in [5, 5.41) is 11.4. The molecule has 0 radical (unpaired) electrons. The van der Waals surface area contributed by atoms with Crippen LogP contribution in [0, 0.1) is 20.8 Å². The van der Waals surface area contributed by atoms with E-state index in [-0.39, 0.29) is 5.91 Å². The predicted octanol–water partition coefficient (Wildman–Crippen LogP) is 4.92. The molecule has 0 aliphatic carbocycles. The van der Waals surface area contributed by atoms with Gasteiger partial charge in [0.05, 0.1) is 5.69 Å². The molecule has 0 atom stereocenters. The lowest BCUT2D eigenvalue weighted by molar-refractivity contribution is 0.0977. The smallest absolute Gasteiger partial charge is 0.257 e. The van der Waals surface area contributed by atoms with Gasteiger partial charge in [0.2, 0.25) is 5.96 Å². The summed E-state index contributed by atoms with van der Waals surface area (Å²) in [6.45, 7) is 9.49. The Morgan fingerprint density at radius 3 is 2.52 bits per heavy atom. The summed E-state index contributed by atoms with van der Waals surface area (Å²) in [7, 11) is 0. The minimum absolute atomic E-state index is 0.218. The molecule has 0 aliphatic heterocycles. The van der Waals surface area contributed by atoms with Crippen molar-refractivity contribution in [2.45, 2.75) is 40.7 Å². The average molecular weight is 438 g/mol. The van der Waals surface area contributed by atoms with E-state index < -0.39 is 0 Å². The van der Waals surface area contributed by atoms with E-state index in [4.69, 9.17) is 11.6 Å². The zero-order valence-electron chi connectivity index (χ0n) is 18.4. The zero-order chi connectivity index (χ0) is 22.4. The molecule has 2 N–H and O–H groups in total. The lowest BCUT2D eigenvalue weighted by Gasteiger charge is -2.14. The van der Waals surface area contributed by atoms with Gasteiger partial charge in [-0.15, -0.1) is 0 Å². The fourth-order valence-corrected chi connectivity index (χ4v) is 3.68. The van der Waals surface area contributed by atoms with Gasteiger partial charge >= 0.3 is 0 Å². The lowest BCUT2D eigenvalue weighted by atomic mass is 10.1. The third-order valence-corrected chi connectivity index (χ3v) is 5.41. The minimum Gasteiger partial charge on any atom is -0.326 e. The van der Waals surface area contributed by atoms with E-state index >= 15 is 0 Å². The second-order valence-electron chi connectivity index (χ2n) is 7.35. The van der Waals surface area contributed by atoms with Gasteiger partial charge in [-0.2, -0.15) is 5.10 Å². The number of anilines is 1. The summed E-state index contributed by atoms with van der Waals surface area (Å²) in [4.78, 5) is 17.4. The summed E-state index contributed by atoms with van der Waals surface area (Å²) in [6, 6.07) is 14.6. The molecular formula is C24H28ClN5O. The normalized spacial score (nSPS) is 11.5. The van der Waals surface area contributed by atoms with E-state index in [1.165, 1.54) is 5.56 Å². The molecule has 1 aromatic heterocycles. The molecule has 7 heteroatoms. The highest BCUT2D eigenvalue weighted by atomic mass is 35.5. The number of carbonyl (C=O) groups excluding carboxylic acids is 1. The number of halogens is 1. The Morgan fingerprint density at radius 2 is 1.87 bits per heavy atom. The minimum atomic E-state index is -0.218. The maximum atomic E-state index is 12.7. The Labute approximate surface area is 188 Å². The number of aliphatic imine (C=N–C) groups is 1. The monoisotopic (exact) mass is 437 g/mol.